The van der Waals surface area contributed by atoms with Gasteiger partial charge in [-0.25, -0.2) is 0 Å². The van der Waals surface area contributed by atoms with Gasteiger partial charge in [0.25, 0.3) is 0 Å². The number of likely N-dealkylation sites (N-methyl/N-ethyl adjacent to an activating group) is 2. The molecule has 3 saturated heterocycles. The Morgan fingerprint density at radius 1 is 0.948 bits per heavy atom. The number of nitrogens with zero attached hydrogens (tertiary/aromatic N) is 8. The Kier molecular flexibility index (Phi) is 21.2. The molecule has 0 saturated carbocycles. The largest absolute Gasteiger partial charge is 0.497 e. The van der Waals surface area contributed by atoms with E-state index in [-0.39, 0.29) is 37.2 Å². The maximum atomic E-state index is 14.7. The molecule has 5 heterocycles. The van der Waals surface area contributed by atoms with Crippen LogP contribution in [0, 0.1) is 23.7 Å². The third-order valence-corrected chi connectivity index (χ3v) is 17.9. The lowest BCUT2D eigenvalue weighted by Gasteiger charge is -2.51. The number of aromatic nitrogens is 5. The summed E-state index contributed by atoms with van der Waals surface area (Å²) in [6.07, 6.45) is -4.53. The second-order valence-corrected chi connectivity index (χ2v) is 24.1. The van der Waals surface area contributed by atoms with E-state index in [1.807, 2.05) is 77.2 Å². The highest BCUT2D eigenvalue weighted by atomic mass is 32.1. The molecule has 434 valence electrons. The van der Waals surface area contributed by atoms with Crippen LogP contribution < -0.4 is 9.64 Å². The first-order valence-corrected chi connectivity index (χ1v) is 28.2. The van der Waals surface area contributed by atoms with Crippen LogP contribution in [-0.2, 0) is 46.2 Å². The van der Waals surface area contributed by atoms with Gasteiger partial charge in [-0.05, 0) is 117 Å². The zero-order chi connectivity index (χ0) is 56.9. The maximum Gasteiger partial charge on any atom is 0.309 e. The molecule has 6 rings (SSSR count). The van der Waals surface area contributed by atoms with Crippen molar-refractivity contribution in [2.45, 2.75) is 205 Å². The second kappa shape index (κ2) is 26.2. The number of benzene rings is 1. The lowest BCUT2D eigenvalue weighted by molar-refractivity contribution is -0.302. The van der Waals surface area contributed by atoms with Crippen molar-refractivity contribution in [3.05, 3.63) is 36.2 Å². The zero-order valence-electron chi connectivity index (χ0n) is 48.1. The van der Waals surface area contributed by atoms with Crippen LogP contribution in [0.25, 0.3) is 10.6 Å². The fraction of sp³-hybridized carbons (Fsp3) is 0.782. The van der Waals surface area contributed by atoms with Crippen molar-refractivity contribution in [3.8, 4) is 16.3 Å². The van der Waals surface area contributed by atoms with Gasteiger partial charge in [0.2, 0.25) is 11.0 Å². The number of methoxy groups -OCH3 is 2. The van der Waals surface area contributed by atoms with Crippen molar-refractivity contribution in [1.29, 1.82) is 0 Å². The molecule has 3 fully saturated rings. The minimum absolute atomic E-state index is 0.142. The van der Waals surface area contributed by atoms with Crippen molar-refractivity contribution in [3.63, 3.8) is 0 Å². The second-order valence-electron chi connectivity index (χ2n) is 23.1. The predicted octanol–water partition coefficient (Wildman–Crippen LogP) is 4.35. The number of hydrogen-bond donors (Lipinski definition) is 5. The van der Waals surface area contributed by atoms with Gasteiger partial charge in [-0.3, -0.25) is 19.2 Å². The van der Waals surface area contributed by atoms with Crippen LogP contribution >= 0.6 is 11.3 Å². The summed E-state index contributed by atoms with van der Waals surface area (Å²) in [6, 6.07) is 6.51. The topological polar surface area (TPSA) is 257 Å². The van der Waals surface area contributed by atoms with Crippen molar-refractivity contribution >= 4 is 28.3 Å². The van der Waals surface area contributed by atoms with Crippen LogP contribution in [-0.4, -0.2) is 204 Å². The van der Waals surface area contributed by atoms with Gasteiger partial charge >= 0.3 is 5.97 Å². The molecular weight excluding hydrogens is 1010 g/mol. The summed E-state index contributed by atoms with van der Waals surface area (Å²) < 4.78 is 39.3. The first-order valence-electron chi connectivity index (χ1n) is 27.4. The Labute approximate surface area is 459 Å². The van der Waals surface area contributed by atoms with Crippen LogP contribution in [0.5, 0.6) is 5.75 Å². The van der Waals surface area contributed by atoms with Crippen molar-refractivity contribution in [1.82, 2.24) is 35.0 Å². The van der Waals surface area contributed by atoms with Crippen LogP contribution in [0.3, 0.4) is 0 Å². The molecule has 2 aromatic heterocycles. The van der Waals surface area contributed by atoms with E-state index in [0.29, 0.717) is 55.6 Å². The van der Waals surface area contributed by atoms with E-state index < -0.39 is 102 Å². The number of ether oxygens (including phenoxy) is 6. The highest BCUT2D eigenvalue weighted by molar-refractivity contribution is 7.18. The molecule has 3 aliphatic heterocycles. The number of carbonyl (C=O) groups is 2. The molecule has 1 unspecified atom stereocenters. The molecule has 0 bridgehead atoms. The van der Waals surface area contributed by atoms with E-state index in [1.54, 1.807) is 51.3 Å². The molecule has 18 atom stereocenters. The highest BCUT2D eigenvalue weighted by Gasteiger charge is 2.55. The molecule has 3 aromatic rings. The van der Waals surface area contributed by atoms with Crippen LogP contribution in [0.15, 0.2) is 30.5 Å². The average Bonchev–Trinajstić information content (AvgIpc) is 4.07. The van der Waals surface area contributed by atoms with Gasteiger partial charge in [-0.2, -0.15) is 0 Å². The quantitative estimate of drug-likeness (QED) is 0.125. The molecule has 3 aliphatic rings. The monoisotopic (exact) mass is 1100 g/mol. The van der Waals surface area contributed by atoms with Gasteiger partial charge in [0.15, 0.2) is 6.29 Å². The van der Waals surface area contributed by atoms with Gasteiger partial charge in [-0.15, -0.1) is 15.3 Å². The van der Waals surface area contributed by atoms with E-state index in [2.05, 4.69) is 25.4 Å². The SMILES string of the molecule is CC[C@H]1OC(=O)[C@H](C)C([C@H]2C[C@@](C)(OC)[C@@H](O)[C@H](C)O2)[C@H](C)[C@@H](O[C@@H]2O[C@H](C)C[C@H](N(C)CCc3cn(CCCN(C(C)=O)c4nnc(-c5ccc(OC)cc5)s4)nn3)[C@H]2O)[C@](C)(O)C[C@@H](C)CN(C)[C@H](C)[C@@H](O)[C@]1(C)O. The first-order chi connectivity index (χ1) is 36.2. The number of aliphatic hydroxyl groups excluding tert-OH is 3. The van der Waals surface area contributed by atoms with Crippen LogP contribution in [0.2, 0.25) is 0 Å². The number of hydrogen-bond acceptors (Lipinski definition) is 20. The lowest BCUT2D eigenvalue weighted by atomic mass is 9.68. The molecule has 1 amide bonds. The van der Waals surface area contributed by atoms with Gasteiger partial charge in [-0.1, -0.05) is 44.2 Å². The van der Waals surface area contributed by atoms with Gasteiger partial charge in [0.05, 0.1) is 54.3 Å². The number of cyclic esters (lactones) is 1. The molecule has 0 radical (unpaired) electrons. The van der Waals surface area contributed by atoms with Crippen LogP contribution in [0.4, 0.5) is 5.13 Å². The summed E-state index contributed by atoms with van der Waals surface area (Å²) in [6.45, 7) is 21.3. The highest BCUT2D eigenvalue weighted by Crippen LogP contribution is 2.45. The molecule has 1 aromatic carbocycles. The Hall–Kier alpha value is -3.78. The number of rotatable bonds is 16. The van der Waals surface area contributed by atoms with Crippen molar-refractivity contribution in [2.75, 3.05) is 52.8 Å². The summed E-state index contributed by atoms with van der Waals surface area (Å²) in [5, 5.41) is 78.9. The summed E-state index contributed by atoms with van der Waals surface area (Å²) in [5.41, 5.74) is -2.86. The summed E-state index contributed by atoms with van der Waals surface area (Å²) >= 11 is 1.34. The van der Waals surface area contributed by atoms with E-state index in [0.717, 1.165) is 17.0 Å². The molecule has 77 heavy (non-hydrogen) atoms. The van der Waals surface area contributed by atoms with E-state index >= 15 is 0 Å². The molecule has 21 nitrogen and oxygen atoms in total. The zero-order valence-corrected chi connectivity index (χ0v) is 48.9. The van der Waals surface area contributed by atoms with Gasteiger partial charge in [0.1, 0.15) is 40.8 Å². The summed E-state index contributed by atoms with van der Waals surface area (Å²) in [5.74, 6) is -2.61. The number of esters is 1. The Balaban J connectivity index is 1.20. The third kappa shape index (κ3) is 14.6. The van der Waals surface area contributed by atoms with E-state index in [4.69, 9.17) is 28.4 Å². The van der Waals surface area contributed by atoms with Crippen molar-refractivity contribution in [2.24, 2.45) is 23.7 Å². The standard InChI is InChI=1S/C55H90N8O13S/c1-16-43-55(11,70)46(66)35(6)61(13)29-31(2)27-53(9,69)48(33(4)44(34(5)50(68)75-43)42-28-54(10,72-15)47(67)36(7)74-42)76-51-45(65)41(26-32(3)73-51)60(12)25-22-39-30-62(59-56-39)23-17-24-63(37(8)64)52-58-57-49(77-52)38-18-20-40(71-14)21-19-38/h18-21,30-36,41-48,51,65-67,69-70H,16-17,22-29H2,1-15H3/t31-,32-,33+,34-,35-,36+,41+,42-,43-,44?,45-,46-,47+,48-,51+,53-,54-,55-/m1/s1. The number of amides is 1. The first kappa shape index (κ1) is 62.4. The Morgan fingerprint density at radius 3 is 2.27 bits per heavy atom. The van der Waals surface area contributed by atoms with E-state index in [9.17, 15) is 35.1 Å². The minimum Gasteiger partial charge on any atom is -0.497 e. The van der Waals surface area contributed by atoms with Gasteiger partial charge < -0.3 is 63.8 Å². The van der Waals surface area contributed by atoms with Crippen LogP contribution in [0.1, 0.15) is 114 Å². The predicted molar refractivity (Wildman–Crippen MR) is 290 cm³/mol. The maximum absolute atomic E-state index is 14.7. The molecule has 0 aliphatic carbocycles. The summed E-state index contributed by atoms with van der Waals surface area (Å²) in [7, 11) is 6.92. The Morgan fingerprint density at radius 2 is 1.64 bits per heavy atom. The van der Waals surface area contributed by atoms with E-state index in [1.165, 1.54) is 32.3 Å². The molecular formula is C55H90N8O13S. The Bertz CT molecular complexity index is 2360. The van der Waals surface area contributed by atoms with Gasteiger partial charge in [0, 0.05) is 82.8 Å². The number of aryl methyl sites for hydroxylation is 1. The smallest absolute Gasteiger partial charge is 0.309 e. The molecule has 5 N–H and O–H groups in total. The normalized spacial score (nSPS) is 37.2. The number of aliphatic hydroxyl groups is 5. The average molecular weight is 1100 g/mol. The summed E-state index contributed by atoms with van der Waals surface area (Å²) in [4.78, 5) is 33.0. The molecule has 22 heteroatoms. The fourth-order valence-electron chi connectivity index (χ4n) is 12.2. The molecule has 0 spiro atoms. The third-order valence-electron chi connectivity index (χ3n) is 16.9. The number of carbonyl (C=O) groups excluding carboxylic acids is 2. The lowest BCUT2D eigenvalue weighted by Crippen LogP contribution is -2.62. The fourth-order valence-corrected chi connectivity index (χ4v) is 13.1. The number of anilines is 1. The van der Waals surface area contributed by atoms with Crippen molar-refractivity contribution < 1.29 is 63.5 Å². The minimum atomic E-state index is -1.82.